The van der Waals surface area contributed by atoms with Crippen LogP contribution in [-0.2, 0) is 10.0 Å². The lowest BCUT2D eigenvalue weighted by atomic mass is 10.0. The SMILES string of the molecule is CCS(=O)(=O)Nc1ccc(C(=O)C(F)(F)C(F)(F)F)cc1. The molecule has 0 atom stereocenters. The number of carbonyl (C=O) groups is 1. The number of nitrogens with one attached hydrogen (secondary N) is 1. The van der Waals surface area contributed by atoms with Crippen LogP contribution in [0.15, 0.2) is 24.3 Å². The quantitative estimate of drug-likeness (QED) is 0.667. The number of ketones is 1. The van der Waals surface area contributed by atoms with Gasteiger partial charge >= 0.3 is 12.1 Å². The number of Topliss-reactive ketones (excluding diaryl/α,β-unsaturated/α-hetero) is 1. The van der Waals surface area contributed by atoms with Gasteiger partial charge in [-0.05, 0) is 31.2 Å². The van der Waals surface area contributed by atoms with Crippen molar-refractivity contribution in [2.45, 2.75) is 19.0 Å². The van der Waals surface area contributed by atoms with E-state index in [1.807, 2.05) is 0 Å². The predicted molar refractivity (Wildman–Crippen MR) is 64.9 cm³/mol. The molecule has 0 spiro atoms. The number of anilines is 1. The van der Waals surface area contributed by atoms with Crippen molar-refractivity contribution in [3.05, 3.63) is 29.8 Å². The number of carbonyl (C=O) groups excluding carboxylic acids is 1. The zero-order chi connectivity index (χ0) is 16.5. The third-order valence-electron chi connectivity index (χ3n) is 2.44. The largest absolute Gasteiger partial charge is 0.461 e. The molecule has 0 heterocycles. The van der Waals surface area contributed by atoms with E-state index in [4.69, 9.17) is 0 Å². The van der Waals surface area contributed by atoms with E-state index >= 15 is 0 Å². The van der Waals surface area contributed by atoms with Gasteiger partial charge in [-0.2, -0.15) is 22.0 Å². The first-order valence-electron chi connectivity index (χ1n) is 5.50. The summed E-state index contributed by atoms with van der Waals surface area (Å²) in [5, 5.41) is 0. The maximum absolute atomic E-state index is 12.9. The fraction of sp³-hybridized carbons (Fsp3) is 0.364. The highest BCUT2D eigenvalue weighted by Crippen LogP contribution is 2.38. The monoisotopic (exact) mass is 331 g/mol. The lowest BCUT2D eigenvalue weighted by Crippen LogP contribution is -2.44. The van der Waals surface area contributed by atoms with Crippen molar-refractivity contribution in [1.29, 1.82) is 0 Å². The van der Waals surface area contributed by atoms with Crippen molar-refractivity contribution in [1.82, 2.24) is 0 Å². The number of sulfonamides is 1. The van der Waals surface area contributed by atoms with Crippen LogP contribution in [-0.4, -0.2) is 32.1 Å². The van der Waals surface area contributed by atoms with Crippen LogP contribution < -0.4 is 4.72 Å². The Hall–Kier alpha value is -1.71. The average molecular weight is 331 g/mol. The van der Waals surface area contributed by atoms with Crippen LogP contribution in [0.1, 0.15) is 17.3 Å². The van der Waals surface area contributed by atoms with E-state index in [1.54, 1.807) is 0 Å². The zero-order valence-electron chi connectivity index (χ0n) is 10.5. The molecule has 1 aromatic rings. The van der Waals surface area contributed by atoms with Gasteiger partial charge in [0.15, 0.2) is 0 Å². The van der Waals surface area contributed by atoms with E-state index in [9.17, 15) is 35.2 Å². The minimum atomic E-state index is -5.99. The molecule has 1 aromatic carbocycles. The summed E-state index contributed by atoms with van der Waals surface area (Å²) >= 11 is 0. The molecule has 0 saturated carbocycles. The molecule has 21 heavy (non-hydrogen) atoms. The number of halogens is 5. The first-order chi connectivity index (χ1) is 9.40. The van der Waals surface area contributed by atoms with Gasteiger partial charge in [-0.1, -0.05) is 0 Å². The van der Waals surface area contributed by atoms with E-state index in [0.717, 1.165) is 12.1 Å². The van der Waals surface area contributed by atoms with Gasteiger partial charge in [-0.3, -0.25) is 9.52 Å². The van der Waals surface area contributed by atoms with Gasteiger partial charge < -0.3 is 0 Å². The van der Waals surface area contributed by atoms with Crippen molar-refractivity contribution in [2.24, 2.45) is 0 Å². The topological polar surface area (TPSA) is 63.2 Å². The van der Waals surface area contributed by atoms with Gasteiger partial charge in [-0.25, -0.2) is 8.42 Å². The van der Waals surface area contributed by atoms with Gasteiger partial charge in [0.2, 0.25) is 15.8 Å². The molecule has 0 radical (unpaired) electrons. The van der Waals surface area contributed by atoms with Crippen LogP contribution in [0.4, 0.5) is 27.6 Å². The Bertz CT molecular complexity index is 622. The van der Waals surface area contributed by atoms with Gasteiger partial charge in [0.05, 0.1) is 5.75 Å². The van der Waals surface area contributed by atoms with E-state index < -0.39 is 33.5 Å². The Morgan fingerprint density at radius 1 is 1.10 bits per heavy atom. The third kappa shape index (κ3) is 3.90. The second kappa shape index (κ2) is 5.58. The van der Waals surface area contributed by atoms with E-state index in [-0.39, 0.29) is 11.4 Å². The summed E-state index contributed by atoms with van der Waals surface area (Å²) in [6, 6.07) is 3.23. The number of rotatable bonds is 5. The maximum atomic E-state index is 12.9. The smallest absolute Gasteiger partial charge is 0.287 e. The summed E-state index contributed by atoms with van der Waals surface area (Å²) in [5.74, 6) is -8.16. The summed E-state index contributed by atoms with van der Waals surface area (Å²) < 4.78 is 86.4. The molecule has 0 fully saturated rings. The molecule has 1 N–H and O–H groups in total. The lowest BCUT2D eigenvalue weighted by molar-refractivity contribution is -0.255. The number of hydrogen-bond donors (Lipinski definition) is 1. The standard InChI is InChI=1S/C11H10F5NO3S/c1-2-21(19,20)17-8-5-3-7(4-6-8)9(18)10(12,13)11(14,15)16/h3-6,17H,2H2,1H3. The predicted octanol–water partition coefficient (Wildman–Crippen LogP) is 2.83. The summed E-state index contributed by atoms with van der Waals surface area (Å²) in [6.07, 6.45) is -5.99. The number of alkyl halides is 5. The summed E-state index contributed by atoms with van der Waals surface area (Å²) in [7, 11) is -3.62. The third-order valence-corrected chi connectivity index (χ3v) is 3.75. The minimum absolute atomic E-state index is 0.0521. The summed E-state index contributed by atoms with van der Waals surface area (Å²) in [6.45, 7) is 1.35. The van der Waals surface area contributed by atoms with Crippen LogP contribution in [0.5, 0.6) is 0 Å². The molecule has 4 nitrogen and oxygen atoms in total. The van der Waals surface area contributed by atoms with E-state index in [1.165, 1.54) is 6.92 Å². The van der Waals surface area contributed by atoms with E-state index in [2.05, 4.69) is 4.72 Å². The van der Waals surface area contributed by atoms with Crippen molar-refractivity contribution in [2.75, 3.05) is 10.5 Å². The van der Waals surface area contributed by atoms with Gasteiger partial charge in [0, 0.05) is 11.3 Å². The second-order valence-corrected chi connectivity index (χ2v) is 6.00. The highest BCUT2D eigenvalue weighted by Gasteiger charge is 2.63. The normalized spacial score (nSPS) is 13.0. The fourth-order valence-corrected chi connectivity index (χ4v) is 1.89. The molecule has 0 aliphatic carbocycles. The average Bonchev–Trinajstić information content (AvgIpc) is 2.37. The Labute approximate surface area is 117 Å². The van der Waals surface area contributed by atoms with Gasteiger partial charge in [0.25, 0.3) is 0 Å². The Morgan fingerprint density at radius 3 is 1.95 bits per heavy atom. The van der Waals surface area contributed by atoms with Crippen LogP contribution in [0.3, 0.4) is 0 Å². The summed E-state index contributed by atoms with van der Waals surface area (Å²) in [4.78, 5) is 11.2. The maximum Gasteiger partial charge on any atom is 0.461 e. The molecule has 118 valence electrons. The molecule has 0 unspecified atom stereocenters. The van der Waals surface area contributed by atoms with Gasteiger partial charge in [0.1, 0.15) is 0 Å². The molecule has 0 aliphatic rings. The van der Waals surface area contributed by atoms with Crippen molar-refractivity contribution >= 4 is 21.5 Å². The second-order valence-electron chi connectivity index (χ2n) is 3.98. The highest BCUT2D eigenvalue weighted by atomic mass is 32.2. The molecule has 0 saturated heterocycles. The molecule has 0 bridgehead atoms. The molecule has 0 aliphatic heterocycles. The van der Waals surface area contributed by atoms with E-state index in [0.29, 0.717) is 12.1 Å². The van der Waals surface area contributed by atoms with Crippen molar-refractivity contribution in [3.8, 4) is 0 Å². The first kappa shape index (κ1) is 17.3. The molecule has 1 rings (SSSR count). The Morgan fingerprint density at radius 2 is 1.57 bits per heavy atom. The van der Waals surface area contributed by atoms with Crippen LogP contribution >= 0.6 is 0 Å². The Kier molecular flexibility index (Phi) is 4.61. The van der Waals surface area contributed by atoms with Crippen molar-refractivity contribution in [3.63, 3.8) is 0 Å². The van der Waals surface area contributed by atoms with Crippen LogP contribution in [0.25, 0.3) is 0 Å². The first-order valence-corrected chi connectivity index (χ1v) is 7.16. The minimum Gasteiger partial charge on any atom is -0.287 e. The molecule has 10 heteroatoms. The number of benzene rings is 1. The molecular formula is C11H10F5NO3S. The van der Waals surface area contributed by atoms with Gasteiger partial charge in [-0.15, -0.1) is 0 Å². The van der Waals surface area contributed by atoms with Crippen LogP contribution in [0.2, 0.25) is 0 Å². The van der Waals surface area contributed by atoms with Crippen LogP contribution in [0, 0.1) is 0 Å². The highest BCUT2D eigenvalue weighted by molar-refractivity contribution is 7.92. The molecule has 0 aromatic heterocycles. The summed E-state index contributed by atoms with van der Waals surface area (Å²) in [5.41, 5.74) is -0.930. The zero-order valence-corrected chi connectivity index (χ0v) is 11.4. The fourth-order valence-electron chi connectivity index (χ4n) is 1.25. The number of hydrogen-bond acceptors (Lipinski definition) is 3. The Balaban J connectivity index is 3.01. The lowest BCUT2D eigenvalue weighted by Gasteiger charge is -2.18. The molecular weight excluding hydrogens is 321 g/mol. The molecule has 0 amide bonds. The van der Waals surface area contributed by atoms with Crippen molar-refractivity contribution < 1.29 is 35.2 Å².